The highest BCUT2D eigenvalue weighted by Crippen LogP contribution is 2.11. The van der Waals surface area contributed by atoms with Crippen molar-refractivity contribution in [2.45, 2.75) is 12.4 Å². The van der Waals surface area contributed by atoms with Crippen molar-refractivity contribution in [2.75, 3.05) is 34.2 Å². The van der Waals surface area contributed by atoms with Crippen molar-refractivity contribution in [3.63, 3.8) is 0 Å². The maximum Gasteiger partial charge on any atom is 0.218 e. The van der Waals surface area contributed by atoms with E-state index in [0.29, 0.717) is 18.7 Å². The third-order valence-electron chi connectivity index (χ3n) is 2.86. The van der Waals surface area contributed by atoms with Gasteiger partial charge in [-0.15, -0.1) is 0 Å². The fourth-order valence-corrected chi connectivity index (χ4v) is 2.80. The van der Waals surface area contributed by atoms with E-state index in [1.807, 2.05) is 19.0 Å². The molecule has 0 aliphatic rings. The zero-order valence-corrected chi connectivity index (χ0v) is 12.5. The molecule has 0 bridgehead atoms. The minimum atomic E-state index is -3.31. The number of aliphatic hydroxyl groups is 1. The highest BCUT2D eigenvalue weighted by atomic mass is 32.2. The first kappa shape index (κ1) is 16.1. The molecule has 1 N–H and O–H groups in total. The number of benzene rings is 1. The van der Waals surface area contributed by atoms with Gasteiger partial charge in [0.2, 0.25) is 10.0 Å². The van der Waals surface area contributed by atoms with Gasteiger partial charge in [0.15, 0.2) is 0 Å². The average molecular weight is 286 g/mol. The zero-order valence-electron chi connectivity index (χ0n) is 11.7. The topological polar surface area (TPSA) is 60.9 Å². The van der Waals surface area contributed by atoms with Gasteiger partial charge in [0.25, 0.3) is 0 Å². The second kappa shape index (κ2) is 7.00. The monoisotopic (exact) mass is 286 g/mol. The quantitative estimate of drug-likeness (QED) is 0.793. The van der Waals surface area contributed by atoms with Gasteiger partial charge in [0.1, 0.15) is 0 Å². The lowest BCUT2D eigenvalue weighted by atomic mass is 10.1. The first-order chi connectivity index (χ1) is 8.85. The van der Waals surface area contributed by atoms with Gasteiger partial charge in [-0.3, -0.25) is 0 Å². The zero-order chi connectivity index (χ0) is 14.5. The highest BCUT2D eigenvalue weighted by Gasteiger charge is 2.18. The van der Waals surface area contributed by atoms with E-state index >= 15 is 0 Å². The van der Waals surface area contributed by atoms with Crippen LogP contribution in [0.2, 0.25) is 0 Å². The Morgan fingerprint density at radius 2 is 1.74 bits per heavy atom. The lowest BCUT2D eigenvalue weighted by Crippen LogP contribution is -2.34. The Kier molecular flexibility index (Phi) is 5.93. The van der Waals surface area contributed by atoms with Crippen LogP contribution in [0.25, 0.3) is 0 Å². The smallest absolute Gasteiger partial charge is 0.218 e. The van der Waals surface area contributed by atoms with Crippen LogP contribution in [0.3, 0.4) is 0 Å². The molecule has 1 rings (SSSR count). The molecule has 0 fully saturated rings. The van der Waals surface area contributed by atoms with Gasteiger partial charge >= 0.3 is 0 Å². The lowest BCUT2D eigenvalue weighted by molar-refractivity contribution is 0.281. The number of sulfonamides is 1. The fraction of sp³-hybridized carbons (Fsp3) is 0.538. The minimum absolute atomic E-state index is 0.0369. The molecule has 6 heteroatoms. The van der Waals surface area contributed by atoms with E-state index < -0.39 is 10.0 Å². The van der Waals surface area contributed by atoms with E-state index in [0.717, 1.165) is 5.56 Å². The van der Waals surface area contributed by atoms with E-state index in [2.05, 4.69) is 0 Å². The van der Waals surface area contributed by atoms with Crippen LogP contribution in [0.15, 0.2) is 24.3 Å². The minimum Gasteiger partial charge on any atom is -0.392 e. The molecule has 0 atom stereocenters. The van der Waals surface area contributed by atoms with E-state index in [1.54, 1.807) is 31.3 Å². The summed E-state index contributed by atoms with van der Waals surface area (Å²) in [4.78, 5) is 1.94. The van der Waals surface area contributed by atoms with Gasteiger partial charge in [-0.25, -0.2) is 12.7 Å². The van der Waals surface area contributed by atoms with E-state index in [1.165, 1.54) is 4.31 Å². The Bertz CT molecular complexity index is 500. The van der Waals surface area contributed by atoms with Gasteiger partial charge < -0.3 is 10.0 Å². The molecule has 1 aromatic rings. The molecule has 19 heavy (non-hydrogen) atoms. The summed E-state index contributed by atoms with van der Waals surface area (Å²) in [6.07, 6.45) is 0. The van der Waals surface area contributed by atoms with Crippen molar-refractivity contribution >= 4 is 10.0 Å². The molecule has 1 aromatic carbocycles. The van der Waals surface area contributed by atoms with Crippen molar-refractivity contribution in [3.05, 3.63) is 35.4 Å². The van der Waals surface area contributed by atoms with Gasteiger partial charge in [-0.2, -0.15) is 0 Å². The normalized spacial score (nSPS) is 12.3. The standard InChI is InChI=1S/C13H22N2O3S/c1-14(2)7-8-15(3)19(17,18)11-13-6-4-5-12(9-13)10-16/h4-6,9,16H,7-8,10-11H2,1-3H3. The molecule has 0 amide bonds. The van der Waals surface area contributed by atoms with Gasteiger partial charge in [-0.1, -0.05) is 24.3 Å². The number of nitrogens with zero attached hydrogens (tertiary/aromatic N) is 2. The van der Waals surface area contributed by atoms with Crippen molar-refractivity contribution < 1.29 is 13.5 Å². The molecule has 0 saturated carbocycles. The molecular formula is C13H22N2O3S. The fourth-order valence-electron chi connectivity index (χ4n) is 1.62. The number of rotatable bonds is 7. The second-order valence-electron chi connectivity index (χ2n) is 4.86. The van der Waals surface area contributed by atoms with E-state index in [-0.39, 0.29) is 12.4 Å². The molecule has 108 valence electrons. The summed E-state index contributed by atoms with van der Waals surface area (Å²) in [5, 5.41) is 9.05. The van der Waals surface area contributed by atoms with Crippen LogP contribution in [0, 0.1) is 0 Å². The Balaban J connectivity index is 2.72. The van der Waals surface area contributed by atoms with Crippen LogP contribution in [-0.2, 0) is 22.4 Å². The number of aliphatic hydroxyl groups excluding tert-OH is 1. The third kappa shape index (κ3) is 5.28. The summed E-state index contributed by atoms with van der Waals surface area (Å²) in [7, 11) is 2.10. The number of likely N-dealkylation sites (N-methyl/N-ethyl adjacent to an activating group) is 2. The molecule has 0 saturated heterocycles. The van der Waals surface area contributed by atoms with Gasteiger partial charge in [-0.05, 0) is 25.2 Å². The van der Waals surface area contributed by atoms with Crippen LogP contribution in [-0.4, -0.2) is 57.0 Å². The summed E-state index contributed by atoms with van der Waals surface area (Å²) in [6, 6.07) is 7.01. The summed E-state index contributed by atoms with van der Waals surface area (Å²) in [5.74, 6) is -0.0369. The molecule has 0 heterocycles. The van der Waals surface area contributed by atoms with Crippen LogP contribution < -0.4 is 0 Å². The second-order valence-corrected chi connectivity index (χ2v) is 6.93. The Labute approximate surface area is 115 Å². The maximum absolute atomic E-state index is 12.2. The van der Waals surface area contributed by atoms with E-state index in [9.17, 15) is 8.42 Å². The van der Waals surface area contributed by atoms with Crippen LogP contribution >= 0.6 is 0 Å². The molecule has 0 aliphatic carbocycles. The van der Waals surface area contributed by atoms with Crippen molar-refractivity contribution in [1.29, 1.82) is 0 Å². The molecule has 0 aromatic heterocycles. The first-order valence-electron chi connectivity index (χ1n) is 6.12. The molecule has 0 aliphatic heterocycles. The summed E-state index contributed by atoms with van der Waals surface area (Å²) in [6.45, 7) is 1.08. The number of hydrogen-bond acceptors (Lipinski definition) is 4. The van der Waals surface area contributed by atoms with E-state index in [4.69, 9.17) is 5.11 Å². The van der Waals surface area contributed by atoms with Crippen molar-refractivity contribution in [3.8, 4) is 0 Å². The molecule has 5 nitrogen and oxygen atoms in total. The largest absolute Gasteiger partial charge is 0.392 e. The molecule has 0 radical (unpaired) electrons. The van der Waals surface area contributed by atoms with Crippen LogP contribution in [0.4, 0.5) is 0 Å². The summed E-state index contributed by atoms with van der Waals surface area (Å²) < 4.78 is 25.7. The number of hydrogen-bond donors (Lipinski definition) is 1. The van der Waals surface area contributed by atoms with Crippen molar-refractivity contribution in [1.82, 2.24) is 9.21 Å². The van der Waals surface area contributed by atoms with Crippen molar-refractivity contribution in [2.24, 2.45) is 0 Å². The Hall–Kier alpha value is -0.950. The predicted molar refractivity (Wildman–Crippen MR) is 76.2 cm³/mol. The Morgan fingerprint density at radius 1 is 1.11 bits per heavy atom. The maximum atomic E-state index is 12.2. The first-order valence-corrected chi connectivity index (χ1v) is 7.73. The predicted octanol–water partition coefficient (Wildman–Crippen LogP) is 0.502. The lowest BCUT2D eigenvalue weighted by Gasteiger charge is -2.19. The molecular weight excluding hydrogens is 264 g/mol. The Morgan fingerprint density at radius 3 is 2.32 bits per heavy atom. The molecule has 0 spiro atoms. The highest BCUT2D eigenvalue weighted by molar-refractivity contribution is 7.88. The third-order valence-corrected chi connectivity index (χ3v) is 4.69. The average Bonchev–Trinajstić information content (AvgIpc) is 2.35. The summed E-state index contributed by atoms with van der Waals surface area (Å²) >= 11 is 0. The van der Waals surface area contributed by atoms with Gasteiger partial charge in [0, 0.05) is 20.1 Å². The SMILES string of the molecule is CN(C)CCN(C)S(=O)(=O)Cc1cccc(CO)c1. The molecule has 0 unspecified atom stereocenters. The van der Waals surface area contributed by atoms with Crippen LogP contribution in [0.5, 0.6) is 0 Å². The van der Waals surface area contributed by atoms with Crippen LogP contribution in [0.1, 0.15) is 11.1 Å². The summed E-state index contributed by atoms with van der Waals surface area (Å²) in [5.41, 5.74) is 1.42. The van der Waals surface area contributed by atoms with Gasteiger partial charge in [0.05, 0.1) is 12.4 Å².